The van der Waals surface area contributed by atoms with Crippen molar-refractivity contribution in [1.82, 2.24) is 0 Å². The molecule has 3 rings (SSSR count). The minimum Gasteiger partial charge on any atom is -0.497 e. The fourth-order valence-corrected chi connectivity index (χ4v) is 4.05. The first-order valence-corrected chi connectivity index (χ1v) is 9.17. The molecular formula is C23H29N2O2+. The largest absolute Gasteiger partial charge is 0.497 e. The van der Waals surface area contributed by atoms with Crippen molar-refractivity contribution >= 4 is 17.1 Å². The molecule has 0 bridgehead atoms. The van der Waals surface area contributed by atoms with Crippen molar-refractivity contribution < 1.29 is 14.0 Å². The van der Waals surface area contributed by atoms with Crippen molar-refractivity contribution in [3.05, 3.63) is 59.3 Å². The molecule has 0 fully saturated rings. The lowest BCUT2D eigenvalue weighted by Gasteiger charge is -2.18. The van der Waals surface area contributed by atoms with Crippen LogP contribution >= 0.6 is 0 Å². The number of rotatable bonds is 5. The van der Waals surface area contributed by atoms with Crippen LogP contribution in [0.4, 0.5) is 11.4 Å². The average molecular weight is 365 g/mol. The summed E-state index contributed by atoms with van der Waals surface area (Å²) in [7, 11) is 5.48. The summed E-state index contributed by atoms with van der Waals surface area (Å²) in [4.78, 5) is 0. The van der Waals surface area contributed by atoms with Gasteiger partial charge in [0, 0.05) is 29.5 Å². The highest BCUT2D eigenvalue weighted by atomic mass is 16.5. The molecule has 142 valence electrons. The normalized spacial score (nSPS) is 15.6. The Morgan fingerprint density at radius 3 is 2.48 bits per heavy atom. The molecule has 1 aliphatic rings. The Hall–Kier alpha value is -2.75. The second-order valence-electron chi connectivity index (χ2n) is 7.59. The molecule has 4 nitrogen and oxygen atoms in total. The molecule has 27 heavy (non-hydrogen) atoms. The molecule has 4 heteroatoms. The number of hydrogen-bond donors (Lipinski definition) is 1. The van der Waals surface area contributed by atoms with E-state index in [1.54, 1.807) is 14.2 Å². The number of allylic oxidation sites excluding steroid dienone is 1. The molecule has 0 radical (unpaired) electrons. The highest BCUT2D eigenvalue weighted by Crippen LogP contribution is 2.41. The second-order valence-corrected chi connectivity index (χ2v) is 7.59. The maximum atomic E-state index is 5.46. The number of ether oxygens (including phenoxy) is 2. The van der Waals surface area contributed by atoms with Crippen LogP contribution in [0.5, 0.6) is 11.5 Å². The van der Waals surface area contributed by atoms with E-state index in [0.717, 1.165) is 17.2 Å². The highest BCUT2D eigenvalue weighted by Gasteiger charge is 2.44. The minimum absolute atomic E-state index is 0.0587. The number of hydrogen-bond acceptors (Lipinski definition) is 3. The monoisotopic (exact) mass is 365 g/mol. The van der Waals surface area contributed by atoms with Gasteiger partial charge in [0.05, 0.1) is 25.3 Å². The van der Waals surface area contributed by atoms with Crippen LogP contribution in [0.3, 0.4) is 0 Å². The first kappa shape index (κ1) is 19.0. The van der Waals surface area contributed by atoms with Crippen LogP contribution in [0, 0.1) is 6.92 Å². The topological polar surface area (TPSA) is 33.5 Å². The zero-order valence-electron chi connectivity index (χ0n) is 17.3. The van der Waals surface area contributed by atoms with Gasteiger partial charge in [0.1, 0.15) is 18.5 Å². The van der Waals surface area contributed by atoms with Gasteiger partial charge in [0.2, 0.25) is 5.69 Å². The van der Waals surface area contributed by atoms with Crippen LogP contribution in [0.2, 0.25) is 0 Å². The zero-order chi connectivity index (χ0) is 19.8. The Morgan fingerprint density at radius 1 is 1.07 bits per heavy atom. The van der Waals surface area contributed by atoms with Crippen LogP contribution in [-0.2, 0) is 5.41 Å². The lowest BCUT2D eigenvalue weighted by atomic mass is 9.79. The van der Waals surface area contributed by atoms with Crippen LogP contribution in [0.25, 0.3) is 0 Å². The molecule has 0 amide bonds. The van der Waals surface area contributed by atoms with Gasteiger partial charge in [-0.05, 0) is 45.9 Å². The predicted molar refractivity (Wildman–Crippen MR) is 112 cm³/mol. The second kappa shape index (κ2) is 7.10. The van der Waals surface area contributed by atoms with Crippen molar-refractivity contribution in [2.45, 2.75) is 33.1 Å². The number of aryl methyl sites for hydroxylation is 1. The quantitative estimate of drug-likeness (QED) is 0.754. The van der Waals surface area contributed by atoms with Crippen molar-refractivity contribution in [1.29, 1.82) is 0 Å². The van der Waals surface area contributed by atoms with Crippen LogP contribution in [-0.4, -0.2) is 31.6 Å². The number of fused-ring (bicyclic) bond motifs is 1. The number of nitrogens with one attached hydrogen (secondary N) is 1. The summed E-state index contributed by atoms with van der Waals surface area (Å²) in [5.74, 6) is 1.57. The molecule has 1 N–H and O–H groups in total. The molecule has 1 aliphatic heterocycles. The Labute approximate surface area is 162 Å². The lowest BCUT2D eigenvalue weighted by Crippen LogP contribution is -2.29. The summed E-state index contributed by atoms with van der Waals surface area (Å²) in [5.41, 5.74) is 7.22. The summed E-state index contributed by atoms with van der Waals surface area (Å²) < 4.78 is 13.1. The van der Waals surface area contributed by atoms with E-state index in [-0.39, 0.29) is 5.41 Å². The minimum atomic E-state index is -0.0587. The third-order valence-corrected chi connectivity index (χ3v) is 5.34. The molecule has 2 aromatic carbocycles. The molecule has 0 aromatic heterocycles. The van der Waals surface area contributed by atoms with E-state index in [4.69, 9.17) is 9.47 Å². The van der Waals surface area contributed by atoms with Gasteiger partial charge in [-0.25, -0.2) is 0 Å². The molecule has 0 aliphatic carbocycles. The maximum Gasteiger partial charge on any atom is 0.209 e. The number of anilines is 1. The van der Waals surface area contributed by atoms with Gasteiger partial charge in [-0.15, -0.1) is 0 Å². The number of methoxy groups -OCH3 is 2. The molecule has 1 heterocycles. The van der Waals surface area contributed by atoms with Gasteiger partial charge in [0.25, 0.3) is 0 Å². The first-order valence-electron chi connectivity index (χ1n) is 9.17. The van der Waals surface area contributed by atoms with Crippen LogP contribution in [0.1, 0.15) is 31.9 Å². The smallest absolute Gasteiger partial charge is 0.209 e. The van der Waals surface area contributed by atoms with E-state index in [9.17, 15) is 0 Å². The molecule has 0 spiro atoms. The first-order chi connectivity index (χ1) is 12.8. The van der Waals surface area contributed by atoms with E-state index in [2.05, 4.69) is 62.8 Å². The van der Waals surface area contributed by atoms with Gasteiger partial charge in [-0.1, -0.05) is 11.6 Å². The Kier molecular flexibility index (Phi) is 5.01. The fourth-order valence-electron chi connectivity index (χ4n) is 4.05. The summed E-state index contributed by atoms with van der Waals surface area (Å²) in [5, 5.41) is 3.40. The number of benzene rings is 2. The summed E-state index contributed by atoms with van der Waals surface area (Å²) in [6, 6.07) is 12.4. The lowest BCUT2D eigenvalue weighted by molar-refractivity contribution is -0.402. The summed E-state index contributed by atoms with van der Waals surface area (Å²) in [6.45, 7) is 8.86. The van der Waals surface area contributed by atoms with E-state index >= 15 is 0 Å². The summed E-state index contributed by atoms with van der Waals surface area (Å²) in [6.07, 6.45) is 2.05. The summed E-state index contributed by atoms with van der Waals surface area (Å²) >= 11 is 0. The maximum absolute atomic E-state index is 5.46. The van der Waals surface area contributed by atoms with Gasteiger partial charge in [0.15, 0.2) is 5.71 Å². The Morgan fingerprint density at radius 2 is 1.81 bits per heavy atom. The predicted octanol–water partition coefficient (Wildman–Crippen LogP) is 5.03. The average Bonchev–Trinajstić information content (AvgIpc) is 2.84. The molecular weight excluding hydrogens is 336 g/mol. The van der Waals surface area contributed by atoms with E-state index in [1.807, 2.05) is 24.4 Å². The van der Waals surface area contributed by atoms with Gasteiger partial charge < -0.3 is 14.8 Å². The van der Waals surface area contributed by atoms with E-state index in [0.29, 0.717) is 0 Å². The van der Waals surface area contributed by atoms with Crippen molar-refractivity contribution in [2.24, 2.45) is 0 Å². The number of nitrogens with zero attached hydrogens (tertiary/aromatic N) is 1. The molecule has 2 aromatic rings. The van der Waals surface area contributed by atoms with Crippen molar-refractivity contribution in [2.75, 3.05) is 26.6 Å². The van der Waals surface area contributed by atoms with E-state index < -0.39 is 0 Å². The highest BCUT2D eigenvalue weighted by molar-refractivity contribution is 6.06. The SMILES string of the molecule is COc1ccc(OC)c(NC=C(C)C2=[N+](C)c3ccc(C)cc3C2(C)C)c1. The molecule has 0 saturated carbocycles. The zero-order valence-corrected chi connectivity index (χ0v) is 17.3. The Balaban J connectivity index is 1.97. The third kappa shape index (κ3) is 3.32. The van der Waals surface area contributed by atoms with Crippen molar-refractivity contribution in [3.8, 4) is 11.5 Å². The standard InChI is InChI=1S/C23H28N2O2/c1-15-8-10-20-18(12-15)23(3,4)22(25(20)5)16(2)14-24-19-13-17(26-6)9-11-21(19)27-7/h8-14H,1-7H3/p+1. The Bertz CT molecular complexity index is 939. The molecule has 0 unspecified atom stereocenters. The van der Waals surface area contributed by atoms with E-state index in [1.165, 1.54) is 28.1 Å². The van der Waals surface area contributed by atoms with Gasteiger partial charge in [-0.2, -0.15) is 4.58 Å². The molecule has 0 saturated heterocycles. The van der Waals surface area contributed by atoms with Crippen LogP contribution in [0.15, 0.2) is 48.2 Å². The van der Waals surface area contributed by atoms with Crippen molar-refractivity contribution in [3.63, 3.8) is 0 Å². The van der Waals surface area contributed by atoms with Gasteiger partial charge >= 0.3 is 0 Å². The third-order valence-electron chi connectivity index (χ3n) is 5.34. The van der Waals surface area contributed by atoms with Gasteiger partial charge in [-0.3, -0.25) is 0 Å². The molecule has 0 atom stereocenters. The van der Waals surface area contributed by atoms with Crippen LogP contribution < -0.4 is 14.8 Å². The fraction of sp³-hybridized carbons (Fsp3) is 0.348.